The number of hydrogen-bond acceptors (Lipinski definition) is 2. The van der Waals surface area contributed by atoms with E-state index >= 15 is 0 Å². The van der Waals surface area contributed by atoms with Crippen molar-refractivity contribution in [1.82, 2.24) is 0 Å². The van der Waals surface area contributed by atoms with Gasteiger partial charge in [-0.1, -0.05) is 24.3 Å². The number of hydrogen-bond donors (Lipinski definition) is 2. The molecule has 0 saturated heterocycles. The van der Waals surface area contributed by atoms with E-state index in [4.69, 9.17) is 0 Å². The summed E-state index contributed by atoms with van der Waals surface area (Å²) in [6, 6.07) is 3.71. The van der Waals surface area contributed by atoms with Crippen molar-refractivity contribution in [1.29, 1.82) is 0 Å². The van der Waals surface area contributed by atoms with Crippen LogP contribution >= 0.6 is 0 Å². The van der Waals surface area contributed by atoms with E-state index < -0.39 is 12.0 Å². The summed E-state index contributed by atoms with van der Waals surface area (Å²) < 4.78 is 0. The number of allylic oxidation sites excluding steroid dienone is 2. The third-order valence-electron chi connectivity index (χ3n) is 4.21. The molecule has 1 aliphatic heterocycles. The Labute approximate surface area is 107 Å². The minimum atomic E-state index is -0.750. The van der Waals surface area contributed by atoms with Gasteiger partial charge in [-0.3, -0.25) is 0 Å². The van der Waals surface area contributed by atoms with Crippen molar-refractivity contribution in [3.63, 3.8) is 0 Å². The number of rotatable bonds is 1. The van der Waals surface area contributed by atoms with Crippen LogP contribution in [0.5, 0.6) is 0 Å². The van der Waals surface area contributed by atoms with E-state index in [0.717, 1.165) is 17.7 Å². The first-order valence-electron chi connectivity index (χ1n) is 6.35. The van der Waals surface area contributed by atoms with Crippen molar-refractivity contribution in [3.8, 4) is 0 Å². The zero-order valence-electron chi connectivity index (χ0n) is 10.6. The van der Waals surface area contributed by atoms with E-state index in [1.54, 1.807) is 0 Å². The van der Waals surface area contributed by atoms with Gasteiger partial charge >= 0.3 is 5.97 Å². The van der Waals surface area contributed by atoms with Crippen molar-refractivity contribution < 1.29 is 9.90 Å². The van der Waals surface area contributed by atoms with Crippen LogP contribution in [0.4, 0.5) is 5.69 Å². The molecule has 0 radical (unpaired) electrons. The van der Waals surface area contributed by atoms with E-state index in [2.05, 4.69) is 36.5 Å². The first kappa shape index (κ1) is 11.3. The Hall–Kier alpha value is -1.77. The fourth-order valence-corrected chi connectivity index (χ4v) is 3.29. The lowest BCUT2D eigenvalue weighted by Gasteiger charge is -2.36. The molecular formula is C15H17NO2. The molecule has 0 unspecified atom stereocenters. The van der Waals surface area contributed by atoms with Gasteiger partial charge in [0.05, 0.1) is 0 Å². The molecule has 0 aromatic heterocycles. The van der Waals surface area contributed by atoms with Crippen LogP contribution in [0.25, 0.3) is 0 Å². The lowest BCUT2D eigenvalue weighted by Crippen LogP contribution is -2.42. The van der Waals surface area contributed by atoms with Crippen LogP contribution in [0.1, 0.15) is 29.0 Å². The fraction of sp³-hybridized carbons (Fsp3) is 0.400. The monoisotopic (exact) mass is 243 g/mol. The molecule has 1 heterocycles. The summed E-state index contributed by atoms with van der Waals surface area (Å²) in [4.78, 5) is 11.4. The number of anilines is 1. The number of aryl methyl sites for hydroxylation is 2. The minimum absolute atomic E-state index is 0.149. The summed E-state index contributed by atoms with van der Waals surface area (Å²) in [6.07, 6.45) is 5.14. The first-order valence-corrected chi connectivity index (χ1v) is 6.35. The van der Waals surface area contributed by atoms with E-state index in [9.17, 15) is 9.90 Å². The van der Waals surface area contributed by atoms with E-state index in [1.165, 1.54) is 11.1 Å². The molecule has 0 fully saturated rings. The summed E-state index contributed by atoms with van der Waals surface area (Å²) in [5.41, 5.74) is 4.68. The number of fused-ring (bicyclic) bond motifs is 3. The highest BCUT2D eigenvalue weighted by Gasteiger charge is 2.41. The molecule has 3 atom stereocenters. The molecule has 94 valence electrons. The topological polar surface area (TPSA) is 49.3 Å². The number of carbonyl (C=O) groups is 1. The van der Waals surface area contributed by atoms with Gasteiger partial charge in [-0.2, -0.15) is 0 Å². The highest BCUT2D eigenvalue weighted by Crippen LogP contribution is 2.46. The van der Waals surface area contributed by atoms with Crippen LogP contribution in [0, 0.1) is 19.8 Å². The Morgan fingerprint density at radius 2 is 2.06 bits per heavy atom. The molecule has 18 heavy (non-hydrogen) atoms. The van der Waals surface area contributed by atoms with Crippen molar-refractivity contribution in [2.24, 2.45) is 5.92 Å². The van der Waals surface area contributed by atoms with Gasteiger partial charge in [-0.15, -0.1) is 0 Å². The first-order chi connectivity index (χ1) is 8.59. The van der Waals surface area contributed by atoms with Gasteiger partial charge in [0.2, 0.25) is 0 Å². The molecule has 2 N–H and O–H groups in total. The lowest BCUT2D eigenvalue weighted by molar-refractivity contribution is -0.139. The second-order valence-electron chi connectivity index (χ2n) is 5.30. The zero-order chi connectivity index (χ0) is 12.9. The highest BCUT2D eigenvalue weighted by molar-refractivity contribution is 5.81. The third-order valence-corrected chi connectivity index (χ3v) is 4.21. The number of carboxylic acids is 1. The van der Waals surface area contributed by atoms with Gasteiger partial charge in [0.15, 0.2) is 0 Å². The summed E-state index contributed by atoms with van der Waals surface area (Å²) >= 11 is 0. The van der Waals surface area contributed by atoms with Gasteiger partial charge < -0.3 is 10.4 Å². The molecule has 1 aromatic rings. The summed E-state index contributed by atoms with van der Waals surface area (Å²) in [5.74, 6) is -0.349. The Balaban J connectivity index is 2.17. The maximum atomic E-state index is 11.4. The van der Waals surface area contributed by atoms with Crippen LogP contribution in [-0.4, -0.2) is 17.1 Å². The van der Waals surface area contributed by atoms with Crippen LogP contribution in [0.3, 0.4) is 0 Å². The van der Waals surface area contributed by atoms with Crippen molar-refractivity contribution in [3.05, 3.63) is 41.0 Å². The summed E-state index contributed by atoms with van der Waals surface area (Å²) in [7, 11) is 0. The quantitative estimate of drug-likeness (QED) is 0.746. The molecule has 0 spiro atoms. The smallest absolute Gasteiger partial charge is 0.326 e. The molecule has 3 nitrogen and oxygen atoms in total. The molecule has 0 saturated carbocycles. The van der Waals surface area contributed by atoms with E-state index in [0.29, 0.717) is 0 Å². The number of aliphatic carboxylic acids is 1. The van der Waals surface area contributed by atoms with Crippen molar-refractivity contribution in [2.75, 3.05) is 5.32 Å². The molecule has 1 aromatic carbocycles. The van der Waals surface area contributed by atoms with Crippen LogP contribution in [0.15, 0.2) is 24.3 Å². The van der Waals surface area contributed by atoms with Gasteiger partial charge in [0.25, 0.3) is 0 Å². The molecule has 1 aliphatic carbocycles. The predicted octanol–water partition coefficient (Wildman–Crippen LogP) is 2.84. The van der Waals surface area contributed by atoms with Gasteiger partial charge in [-0.25, -0.2) is 4.79 Å². The second-order valence-corrected chi connectivity index (χ2v) is 5.30. The van der Waals surface area contributed by atoms with Crippen LogP contribution < -0.4 is 5.32 Å². The SMILES string of the molecule is Cc1ccc(C)c2c1N[C@@H](C(=O)O)[C@@H]1CC=C[C@@H]21. The molecule has 0 amide bonds. The molecule has 3 rings (SSSR count). The van der Waals surface area contributed by atoms with E-state index in [1.807, 2.05) is 6.92 Å². The second kappa shape index (κ2) is 3.87. The average molecular weight is 243 g/mol. The number of nitrogens with one attached hydrogen (secondary N) is 1. The Morgan fingerprint density at radius 1 is 1.33 bits per heavy atom. The van der Waals surface area contributed by atoms with Crippen molar-refractivity contribution >= 4 is 11.7 Å². The lowest BCUT2D eigenvalue weighted by atomic mass is 9.77. The minimum Gasteiger partial charge on any atom is -0.480 e. The normalized spacial score (nSPS) is 28.4. The average Bonchev–Trinajstić information content (AvgIpc) is 2.81. The number of carboxylic acid groups (broad SMARTS) is 1. The summed E-state index contributed by atoms with van der Waals surface area (Å²) in [6.45, 7) is 4.13. The Bertz CT molecular complexity index is 548. The van der Waals surface area contributed by atoms with E-state index in [-0.39, 0.29) is 11.8 Å². The van der Waals surface area contributed by atoms with Crippen molar-refractivity contribution in [2.45, 2.75) is 32.2 Å². The van der Waals surface area contributed by atoms with Crippen LogP contribution in [-0.2, 0) is 4.79 Å². The van der Waals surface area contributed by atoms with Gasteiger partial charge in [-0.05, 0) is 37.0 Å². The van der Waals surface area contributed by atoms with Gasteiger partial charge in [0, 0.05) is 17.5 Å². The predicted molar refractivity (Wildman–Crippen MR) is 71.0 cm³/mol. The Morgan fingerprint density at radius 3 is 2.78 bits per heavy atom. The molecule has 0 bridgehead atoms. The summed E-state index contributed by atoms with van der Waals surface area (Å²) in [5, 5.41) is 12.6. The standard InChI is InChI=1S/C15H17NO2/c1-8-6-7-9(2)13-12(8)10-4-3-5-11(10)14(16-13)15(17)18/h3-4,6-7,10-11,14,16H,5H2,1-2H3,(H,17,18)/t10-,11-,14-/m1/s1. The Kier molecular flexibility index (Phi) is 2.44. The molecule has 3 heteroatoms. The fourth-order valence-electron chi connectivity index (χ4n) is 3.29. The molecule has 2 aliphatic rings. The van der Waals surface area contributed by atoms with Crippen LogP contribution in [0.2, 0.25) is 0 Å². The number of benzene rings is 1. The third kappa shape index (κ3) is 1.47. The highest BCUT2D eigenvalue weighted by atomic mass is 16.4. The zero-order valence-corrected chi connectivity index (χ0v) is 10.6. The molecular weight excluding hydrogens is 226 g/mol. The maximum Gasteiger partial charge on any atom is 0.326 e. The largest absolute Gasteiger partial charge is 0.480 e. The maximum absolute atomic E-state index is 11.4. The van der Waals surface area contributed by atoms with Gasteiger partial charge in [0.1, 0.15) is 6.04 Å².